The number of methoxy groups -OCH3 is 1. The Labute approximate surface area is 270 Å². The number of hydrogen-bond acceptors (Lipinski definition) is 5. The molecule has 0 aliphatic rings. The lowest BCUT2D eigenvalue weighted by molar-refractivity contribution is -0.140. The highest BCUT2D eigenvalue weighted by molar-refractivity contribution is 7.92. The molecule has 4 aromatic rings. The van der Waals surface area contributed by atoms with Gasteiger partial charge in [-0.15, -0.1) is 0 Å². The Morgan fingerprint density at radius 1 is 0.889 bits per heavy atom. The lowest BCUT2D eigenvalue weighted by Gasteiger charge is -2.34. The number of sulfonamides is 1. The van der Waals surface area contributed by atoms with Crippen LogP contribution in [0.4, 0.5) is 5.69 Å². The third kappa shape index (κ3) is 8.65. The summed E-state index contributed by atoms with van der Waals surface area (Å²) in [5, 5.41) is 3.13. The van der Waals surface area contributed by atoms with Crippen molar-refractivity contribution in [3.05, 3.63) is 125 Å². The number of anilines is 1. The van der Waals surface area contributed by atoms with E-state index in [9.17, 15) is 18.0 Å². The molecule has 0 saturated heterocycles. The van der Waals surface area contributed by atoms with E-state index in [4.69, 9.17) is 16.3 Å². The molecule has 0 fully saturated rings. The number of aryl methyl sites for hydroxylation is 1. The van der Waals surface area contributed by atoms with E-state index in [0.29, 0.717) is 12.3 Å². The summed E-state index contributed by atoms with van der Waals surface area (Å²) in [6, 6.07) is 28.8. The number of hydrogen-bond donors (Lipinski definition) is 1. The Morgan fingerprint density at radius 2 is 1.51 bits per heavy atom. The molecule has 4 rings (SSSR count). The Bertz CT molecular complexity index is 1680. The van der Waals surface area contributed by atoms with Crippen LogP contribution in [0.25, 0.3) is 0 Å². The van der Waals surface area contributed by atoms with Gasteiger partial charge in [0.15, 0.2) is 0 Å². The van der Waals surface area contributed by atoms with Crippen LogP contribution in [-0.2, 0) is 32.6 Å². The van der Waals surface area contributed by atoms with Crippen molar-refractivity contribution in [2.75, 3.05) is 24.5 Å². The van der Waals surface area contributed by atoms with Gasteiger partial charge >= 0.3 is 0 Å². The fourth-order valence-electron chi connectivity index (χ4n) is 4.88. The SMILES string of the molecule is CCCNC(=O)[C@H](Cc1ccccc1)N(Cc1ccccc1)C(=O)CN(c1ccc(OC)c(Cl)c1)S(=O)(=O)c1ccc(C)cc1. The number of rotatable bonds is 14. The van der Waals surface area contributed by atoms with Gasteiger partial charge in [0.05, 0.1) is 22.7 Å². The summed E-state index contributed by atoms with van der Waals surface area (Å²) in [5.41, 5.74) is 2.74. The van der Waals surface area contributed by atoms with Crippen molar-refractivity contribution in [1.29, 1.82) is 0 Å². The molecule has 8 nitrogen and oxygen atoms in total. The monoisotopic (exact) mass is 647 g/mol. The molecule has 1 atom stereocenters. The fraction of sp³-hybridized carbons (Fsp3) is 0.257. The highest BCUT2D eigenvalue weighted by Crippen LogP contribution is 2.32. The first-order chi connectivity index (χ1) is 21.6. The predicted octanol–water partition coefficient (Wildman–Crippen LogP) is 6.02. The topological polar surface area (TPSA) is 96.0 Å². The standard InChI is InChI=1S/C35H38ClN3O5S/c1-4-21-37-35(41)32(22-27-11-7-5-8-12-27)38(24-28-13-9-6-10-14-28)34(40)25-39(29-17-20-33(44-3)31(36)23-29)45(42,43)30-18-15-26(2)16-19-30/h5-20,23,32H,4,21-22,24-25H2,1-3H3,(H,37,41)/t32-/m0/s1. The van der Waals surface area contributed by atoms with Crippen molar-refractivity contribution >= 4 is 39.1 Å². The molecule has 1 N–H and O–H groups in total. The molecule has 4 aromatic carbocycles. The molecule has 0 bridgehead atoms. The van der Waals surface area contributed by atoms with Gasteiger partial charge < -0.3 is 15.0 Å². The van der Waals surface area contributed by atoms with Crippen LogP contribution in [0.1, 0.15) is 30.0 Å². The molecule has 0 aromatic heterocycles. The van der Waals surface area contributed by atoms with Gasteiger partial charge in [0.1, 0.15) is 18.3 Å². The smallest absolute Gasteiger partial charge is 0.264 e. The van der Waals surface area contributed by atoms with E-state index in [1.165, 1.54) is 30.2 Å². The third-order valence-electron chi connectivity index (χ3n) is 7.33. The zero-order valence-electron chi connectivity index (χ0n) is 25.6. The molecule has 0 heterocycles. The molecule has 0 aliphatic carbocycles. The zero-order chi connectivity index (χ0) is 32.4. The Morgan fingerprint density at radius 3 is 2.09 bits per heavy atom. The molecular weight excluding hydrogens is 610 g/mol. The van der Waals surface area contributed by atoms with Crippen molar-refractivity contribution < 1.29 is 22.7 Å². The summed E-state index contributed by atoms with van der Waals surface area (Å²) in [6.45, 7) is 3.78. The second-order valence-electron chi connectivity index (χ2n) is 10.6. The molecule has 0 aliphatic heterocycles. The van der Waals surface area contributed by atoms with Gasteiger partial charge in [0, 0.05) is 19.5 Å². The predicted molar refractivity (Wildman–Crippen MR) is 178 cm³/mol. The van der Waals surface area contributed by atoms with Gasteiger partial charge in [-0.2, -0.15) is 0 Å². The minimum Gasteiger partial charge on any atom is -0.495 e. The van der Waals surface area contributed by atoms with Gasteiger partial charge in [0.25, 0.3) is 10.0 Å². The maximum atomic E-state index is 14.5. The van der Waals surface area contributed by atoms with Crippen LogP contribution in [0.15, 0.2) is 108 Å². The van der Waals surface area contributed by atoms with Gasteiger partial charge in [-0.05, 0) is 54.8 Å². The molecule has 10 heteroatoms. The molecule has 236 valence electrons. The summed E-state index contributed by atoms with van der Waals surface area (Å²) >= 11 is 6.43. The van der Waals surface area contributed by atoms with E-state index >= 15 is 0 Å². The molecule has 0 saturated carbocycles. The maximum absolute atomic E-state index is 14.5. The number of ether oxygens (including phenoxy) is 1. The number of carbonyl (C=O) groups excluding carboxylic acids is 2. The van der Waals surface area contributed by atoms with Gasteiger partial charge in [0.2, 0.25) is 11.8 Å². The minimum absolute atomic E-state index is 0.0176. The molecule has 0 radical (unpaired) electrons. The summed E-state index contributed by atoms with van der Waals surface area (Å²) in [5.74, 6) is -0.500. The van der Waals surface area contributed by atoms with Crippen molar-refractivity contribution in [1.82, 2.24) is 10.2 Å². The first-order valence-corrected chi connectivity index (χ1v) is 16.5. The second kappa shape index (κ2) is 15.6. The lowest BCUT2D eigenvalue weighted by Crippen LogP contribution is -2.53. The van der Waals surface area contributed by atoms with Crippen LogP contribution < -0.4 is 14.4 Å². The van der Waals surface area contributed by atoms with Crippen LogP contribution >= 0.6 is 11.6 Å². The van der Waals surface area contributed by atoms with Crippen LogP contribution in [0.2, 0.25) is 5.02 Å². The lowest BCUT2D eigenvalue weighted by atomic mass is 10.0. The number of amides is 2. The molecule has 2 amide bonds. The highest BCUT2D eigenvalue weighted by Gasteiger charge is 2.34. The van der Waals surface area contributed by atoms with Crippen LogP contribution in [0, 0.1) is 6.92 Å². The molecule has 0 spiro atoms. The van der Waals surface area contributed by atoms with Crippen molar-refractivity contribution in [3.63, 3.8) is 0 Å². The second-order valence-corrected chi connectivity index (χ2v) is 12.9. The minimum atomic E-state index is -4.24. The van der Waals surface area contributed by atoms with Crippen LogP contribution in [0.5, 0.6) is 5.75 Å². The van der Waals surface area contributed by atoms with E-state index in [0.717, 1.165) is 27.4 Å². The third-order valence-corrected chi connectivity index (χ3v) is 9.41. The molecular formula is C35H38ClN3O5S. The average molecular weight is 648 g/mol. The number of benzene rings is 4. The number of carbonyl (C=O) groups is 2. The first-order valence-electron chi connectivity index (χ1n) is 14.7. The van der Waals surface area contributed by atoms with Gasteiger partial charge in [-0.3, -0.25) is 13.9 Å². The normalized spacial score (nSPS) is 11.8. The van der Waals surface area contributed by atoms with Crippen LogP contribution in [0.3, 0.4) is 0 Å². The van der Waals surface area contributed by atoms with Gasteiger partial charge in [-0.1, -0.05) is 96.9 Å². The van der Waals surface area contributed by atoms with E-state index in [-0.39, 0.29) is 34.5 Å². The first kappa shape index (κ1) is 33.6. The van der Waals surface area contributed by atoms with Gasteiger partial charge in [-0.25, -0.2) is 8.42 Å². The quantitative estimate of drug-likeness (QED) is 0.181. The number of halogens is 1. The van der Waals surface area contributed by atoms with E-state index in [2.05, 4.69) is 5.32 Å². The summed E-state index contributed by atoms with van der Waals surface area (Å²) in [6.07, 6.45) is 0.964. The zero-order valence-corrected chi connectivity index (χ0v) is 27.2. The van der Waals surface area contributed by atoms with Crippen LogP contribution in [-0.4, -0.2) is 51.4 Å². The van der Waals surface area contributed by atoms with E-state index in [1.54, 1.807) is 24.3 Å². The highest BCUT2D eigenvalue weighted by atomic mass is 35.5. The largest absolute Gasteiger partial charge is 0.495 e. The van der Waals surface area contributed by atoms with E-state index < -0.39 is 28.5 Å². The summed E-state index contributed by atoms with van der Waals surface area (Å²) < 4.78 is 34.6. The number of nitrogens with zero attached hydrogens (tertiary/aromatic N) is 2. The molecule has 0 unspecified atom stereocenters. The Hall–Kier alpha value is -4.34. The Balaban J connectivity index is 1.80. The summed E-state index contributed by atoms with van der Waals surface area (Å²) in [7, 11) is -2.78. The average Bonchev–Trinajstić information content (AvgIpc) is 3.05. The van der Waals surface area contributed by atoms with Crippen molar-refractivity contribution in [2.24, 2.45) is 0 Å². The maximum Gasteiger partial charge on any atom is 0.264 e. The van der Waals surface area contributed by atoms with Crippen molar-refractivity contribution in [3.8, 4) is 5.75 Å². The fourth-order valence-corrected chi connectivity index (χ4v) is 6.53. The van der Waals surface area contributed by atoms with E-state index in [1.807, 2.05) is 74.5 Å². The van der Waals surface area contributed by atoms with Crippen molar-refractivity contribution in [2.45, 2.75) is 44.2 Å². The number of nitrogens with one attached hydrogen (secondary N) is 1. The summed E-state index contributed by atoms with van der Waals surface area (Å²) in [4.78, 5) is 29.6. The Kier molecular flexibility index (Phi) is 11.6. The molecule has 45 heavy (non-hydrogen) atoms.